The molecule has 0 spiro atoms. The quantitative estimate of drug-likeness (QED) is 0.716. The van der Waals surface area contributed by atoms with Crippen molar-refractivity contribution >= 4 is 11.8 Å². The Bertz CT molecular complexity index is 265. The fourth-order valence-electron chi connectivity index (χ4n) is 0.740. The highest BCUT2D eigenvalue weighted by Crippen LogP contribution is 2.14. The van der Waals surface area contributed by atoms with E-state index in [1.807, 2.05) is 13.8 Å². The Kier molecular flexibility index (Phi) is 3.49. The van der Waals surface area contributed by atoms with Crippen LogP contribution in [0.2, 0.25) is 0 Å². The standard InChI is InChI=1S/C8H12N2OS/c1-6-7(2)10-8(5-9-6)12-4-3-11/h5,11H,3-4H2,1-2H3. The molecule has 12 heavy (non-hydrogen) atoms. The van der Waals surface area contributed by atoms with Crippen LogP contribution in [0.25, 0.3) is 0 Å². The fourth-order valence-corrected chi connectivity index (χ4v) is 1.37. The van der Waals surface area contributed by atoms with Gasteiger partial charge >= 0.3 is 0 Å². The fraction of sp³-hybridized carbons (Fsp3) is 0.500. The van der Waals surface area contributed by atoms with E-state index in [9.17, 15) is 0 Å². The van der Waals surface area contributed by atoms with Crippen LogP contribution in [-0.2, 0) is 0 Å². The number of hydrogen-bond donors (Lipinski definition) is 1. The Balaban J connectivity index is 2.69. The molecular weight excluding hydrogens is 172 g/mol. The van der Waals surface area contributed by atoms with E-state index in [0.717, 1.165) is 16.4 Å². The number of aromatic nitrogens is 2. The maximum Gasteiger partial charge on any atom is 0.115 e. The van der Waals surface area contributed by atoms with E-state index in [0.29, 0.717) is 5.75 Å². The number of thioether (sulfide) groups is 1. The maximum absolute atomic E-state index is 8.58. The van der Waals surface area contributed by atoms with Crippen molar-refractivity contribution in [3.63, 3.8) is 0 Å². The molecule has 1 heterocycles. The molecule has 3 nitrogen and oxygen atoms in total. The molecule has 1 N–H and O–H groups in total. The van der Waals surface area contributed by atoms with E-state index in [1.54, 1.807) is 6.20 Å². The van der Waals surface area contributed by atoms with E-state index in [2.05, 4.69) is 9.97 Å². The van der Waals surface area contributed by atoms with Crippen LogP contribution in [0.4, 0.5) is 0 Å². The van der Waals surface area contributed by atoms with Crippen LogP contribution in [-0.4, -0.2) is 27.4 Å². The van der Waals surface area contributed by atoms with Gasteiger partial charge in [0, 0.05) is 5.75 Å². The van der Waals surface area contributed by atoms with Gasteiger partial charge in [-0.3, -0.25) is 4.98 Å². The second-order valence-corrected chi connectivity index (χ2v) is 3.57. The minimum Gasteiger partial charge on any atom is -0.396 e. The molecule has 0 aliphatic rings. The first-order chi connectivity index (χ1) is 5.74. The minimum absolute atomic E-state index is 0.180. The molecule has 0 fully saturated rings. The van der Waals surface area contributed by atoms with Gasteiger partial charge in [0.1, 0.15) is 5.03 Å². The van der Waals surface area contributed by atoms with Gasteiger partial charge in [0.2, 0.25) is 0 Å². The molecule has 0 saturated heterocycles. The predicted molar refractivity (Wildman–Crippen MR) is 49.3 cm³/mol. The van der Waals surface area contributed by atoms with E-state index in [-0.39, 0.29) is 6.61 Å². The first-order valence-electron chi connectivity index (χ1n) is 3.78. The molecule has 0 saturated carbocycles. The highest BCUT2D eigenvalue weighted by molar-refractivity contribution is 7.99. The SMILES string of the molecule is Cc1ncc(SCCO)nc1C. The lowest BCUT2D eigenvalue weighted by atomic mass is 10.4. The number of aryl methyl sites for hydroxylation is 2. The van der Waals surface area contributed by atoms with Crippen molar-refractivity contribution in [2.45, 2.75) is 18.9 Å². The lowest BCUT2D eigenvalue weighted by Gasteiger charge is -2.01. The van der Waals surface area contributed by atoms with Gasteiger partial charge in [-0.1, -0.05) is 0 Å². The van der Waals surface area contributed by atoms with Crippen LogP contribution in [0.3, 0.4) is 0 Å². The summed E-state index contributed by atoms with van der Waals surface area (Å²) >= 11 is 1.52. The molecular formula is C8H12N2OS. The molecule has 4 heteroatoms. The summed E-state index contributed by atoms with van der Waals surface area (Å²) in [5.41, 5.74) is 1.92. The summed E-state index contributed by atoms with van der Waals surface area (Å²) in [6.45, 7) is 4.05. The van der Waals surface area contributed by atoms with Crippen molar-refractivity contribution in [1.29, 1.82) is 0 Å². The van der Waals surface area contributed by atoms with Gasteiger partial charge in [-0.05, 0) is 13.8 Å². The highest BCUT2D eigenvalue weighted by atomic mass is 32.2. The maximum atomic E-state index is 8.58. The lowest BCUT2D eigenvalue weighted by Crippen LogP contribution is -1.94. The molecule has 66 valence electrons. The summed E-state index contributed by atoms with van der Waals surface area (Å²) in [6.07, 6.45) is 1.74. The third kappa shape index (κ3) is 2.46. The summed E-state index contributed by atoms with van der Waals surface area (Å²) in [6, 6.07) is 0. The summed E-state index contributed by atoms with van der Waals surface area (Å²) in [4.78, 5) is 8.47. The highest BCUT2D eigenvalue weighted by Gasteiger charge is 1.98. The van der Waals surface area contributed by atoms with Gasteiger partial charge < -0.3 is 5.11 Å². The van der Waals surface area contributed by atoms with Gasteiger partial charge in [0.25, 0.3) is 0 Å². The van der Waals surface area contributed by atoms with Crippen LogP contribution in [0.5, 0.6) is 0 Å². The largest absolute Gasteiger partial charge is 0.396 e. The monoisotopic (exact) mass is 184 g/mol. The van der Waals surface area contributed by atoms with E-state index in [4.69, 9.17) is 5.11 Å². The molecule has 0 bridgehead atoms. The molecule has 0 atom stereocenters. The molecule has 1 aromatic rings. The predicted octanol–water partition coefficient (Wildman–Crippen LogP) is 1.18. The van der Waals surface area contributed by atoms with Crippen molar-refractivity contribution in [3.05, 3.63) is 17.6 Å². The molecule has 0 unspecified atom stereocenters. The molecule has 1 rings (SSSR count). The molecule has 1 aromatic heterocycles. The topological polar surface area (TPSA) is 46.0 Å². The molecule has 0 aromatic carbocycles. The smallest absolute Gasteiger partial charge is 0.115 e. The number of nitrogens with zero attached hydrogens (tertiary/aromatic N) is 2. The zero-order valence-corrected chi connectivity index (χ0v) is 8.06. The summed E-state index contributed by atoms with van der Waals surface area (Å²) in [5.74, 6) is 0.678. The number of aliphatic hydroxyl groups is 1. The van der Waals surface area contributed by atoms with Crippen LogP contribution < -0.4 is 0 Å². The molecule has 0 aliphatic heterocycles. The van der Waals surface area contributed by atoms with Crippen LogP contribution in [0.1, 0.15) is 11.4 Å². The Morgan fingerprint density at radius 3 is 2.75 bits per heavy atom. The average Bonchev–Trinajstić information content (AvgIpc) is 2.07. The van der Waals surface area contributed by atoms with Crippen molar-refractivity contribution in [3.8, 4) is 0 Å². The van der Waals surface area contributed by atoms with Gasteiger partial charge in [0.05, 0.1) is 24.2 Å². The lowest BCUT2D eigenvalue weighted by molar-refractivity contribution is 0.322. The zero-order chi connectivity index (χ0) is 8.97. The molecule has 0 amide bonds. The van der Waals surface area contributed by atoms with Gasteiger partial charge in [-0.15, -0.1) is 11.8 Å². The second-order valence-electron chi connectivity index (χ2n) is 2.45. The first-order valence-corrected chi connectivity index (χ1v) is 4.76. The minimum atomic E-state index is 0.180. The van der Waals surface area contributed by atoms with Crippen molar-refractivity contribution in [1.82, 2.24) is 9.97 Å². The van der Waals surface area contributed by atoms with Crippen LogP contribution in [0.15, 0.2) is 11.2 Å². The van der Waals surface area contributed by atoms with Gasteiger partial charge in [0.15, 0.2) is 0 Å². The first kappa shape index (κ1) is 9.48. The molecule has 0 radical (unpaired) electrons. The summed E-state index contributed by atoms with van der Waals surface area (Å²) in [7, 11) is 0. The number of hydrogen-bond acceptors (Lipinski definition) is 4. The average molecular weight is 184 g/mol. The Hall–Kier alpha value is -0.610. The third-order valence-electron chi connectivity index (χ3n) is 1.51. The van der Waals surface area contributed by atoms with Gasteiger partial charge in [-0.25, -0.2) is 4.98 Å². The van der Waals surface area contributed by atoms with E-state index >= 15 is 0 Å². The van der Waals surface area contributed by atoms with Gasteiger partial charge in [-0.2, -0.15) is 0 Å². The summed E-state index contributed by atoms with van der Waals surface area (Å²) < 4.78 is 0. The Morgan fingerprint density at radius 2 is 2.17 bits per heavy atom. The Morgan fingerprint density at radius 1 is 1.42 bits per heavy atom. The number of rotatable bonds is 3. The van der Waals surface area contributed by atoms with Crippen LogP contribution in [0, 0.1) is 13.8 Å². The zero-order valence-electron chi connectivity index (χ0n) is 7.24. The summed E-state index contributed by atoms with van der Waals surface area (Å²) in [5, 5.41) is 9.46. The Labute approximate surface area is 76.2 Å². The van der Waals surface area contributed by atoms with Crippen molar-refractivity contribution in [2.75, 3.05) is 12.4 Å². The van der Waals surface area contributed by atoms with Crippen molar-refractivity contribution in [2.24, 2.45) is 0 Å². The second kappa shape index (κ2) is 4.42. The van der Waals surface area contributed by atoms with Crippen LogP contribution >= 0.6 is 11.8 Å². The van der Waals surface area contributed by atoms with E-state index in [1.165, 1.54) is 11.8 Å². The van der Waals surface area contributed by atoms with Crippen molar-refractivity contribution < 1.29 is 5.11 Å². The molecule has 0 aliphatic carbocycles. The normalized spacial score (nSPS) is 10.2. The van der Waals surface area contributed by atoms with E-state index < -0.39 is 0 Å². The third-order valence-corrected chi connectivity index (χ3v) is 2.39. The number of aliphatic hydroxyl groups excluding tert-OH is 1.